The summed E-state index contributed by atoms with van der Waals surface area (Å²) in [5.41, 5.74) is 6.40. The van der Waals surface area contributed by atoms with Crippen LogP contribution in [0.2, 0.25) is 0 Å². The van der Waals surface area contributed by atoms with Crippen molar-refractivity contribution in [3.8, 4) is 51.3 Å². The normalized spacial score (nSPS) is 11.0. The Bertz CT molecular complexity index is 4120. The fourth-order valence-corrected chi connectivity index (χ4v) is 9.18. The van der Waals surface area contributed by atoms with Crippen molar-refractivity contribution >= 4 is 57.0 Å². The summed E-state index contributed by atoms with van der Waals surface area (Å²) < 4.78 is 16.5. The predicted octanol–water partition coefficient (Wildman–Crippen LogP) is 9.69. The molecule has 1 aliphatic heterocycles. The Morgan fingerprint density at radius 1 is 0.651 bits per heavy atom. The second-order valence-electron chi connectivity index (χ2n) is 18.7. The van der Waals surface area contributed by atoms with E-state index in [1.807, 2.05) is 30.3 Å². The maximum atomic E-state index is 12.9. The number of nitrogens with zero attached hydrogens (tertiary/aromatic N) is 11. The maximum Gasteiger partial charge on any atom is 3.00 e. The smallest absolute Gasteiger partial charge is 0.871 e. The molecule has 23 heteroatoms. The van der Waals surface area contributed by atoms with Gasteiger partial charge in [0.1, 0.15) is 42.4 Å². The number of nitro groups is 1. The fourth-order valence-electron chi connectivity index (χ4n) is 9.18. The number of azo groups is 2. The summed E-state index contributed by atoms with van der Waals surface area (Å²) in [5.74, 6) is -2.50. The number of aliphatic hydroxyl groups is 1. The summed E-state index contributed by atoms with van der Waals surface area (Å²) in [7, 11) is 0. The first-order chi connectivity index (χ1) is 41.1. The third kappa shape index (κ3) is 14.3. The molecule has 6 aromatic carbocycles. The van der Waals surface area contributed by atoms with E-state index in [-0.39, 0.29) is 64.6 Å². The number of hydrogen-bond acceptors (Lipinski definition) is 18. The van der Waals surface area contributed by atoms with Gasteiger partial charge in [-0.2, -0.15) is 15.3 Å². The number of aromatic carboxylic acids is 1. The number of aryl methyl sites for hydroxylation is 2. The Balaban J connectivity index is 0.000000189. The van der Waals surface area contributed by atoms with Crippen LogP contribution in [0.25, 0.3) is 44.8 Å². The zero-order valence-electron chi connectivity index (χ0n) is 47.7. The summed E-state index contributed by atoms with van der Waals surface area (Å²) >= 11 is 0. The Morgan fingerprint density at radius 2 is 1.21 bits per heavy atom. The molecule has 22 nitrogen and oxygen atoms in total. The molecule has 0 unspecified atom stereocenters. The quantitative estimate of drug-likeness (QED) is 0.0222. The Morgan fingerprint density at radius 3 is 1.77 bits per heavy atom. The van der Waals surface area contributed by atoms with Crippen LogP contribution in [-0.4, -0.2) is 80.9 Å². The van der Waals surface area contributed by atoms with Crippen LogP contribution in [0.4, 0.5) is 34.1 Å². The number of non-ortho nitro benzene ring substituents is 1. The Labute approximate surface area is 504 Å². The van der Waals surface area contributed by atoms with Gasteiger partial charge in [0.15, 0.2) is 0 Å². The van der Waals surface area contributed by atoms with E-state index in [4.69, 9.17) is 14.3 Å². The topological polar surface area (TPSA) is 303 Å². The third-order valence-electron chi connectivity index (χ3n) is 13.5. The molecule has 3 heterocycles. The van der Waals surface area contributed by atoms with Gasteiger partial charge < -0.3 is 44.4 Å². The molecule has 0 saturated heterocycles. The molecule has 0 bridgehead atoms. The van der Waals surface area contributed by atoms with E-state index < -0.39 is 34.4 Å². The zero-order chi connectivity index (χ0) is 60.7. The molecule has 2 aliphatic rings. The van der Waals surface area contributed by atoms with Gasteiger partial charge in [-0.05, 0) is 102 Å². The summed E-state index contributed by atoms with van der Waals surface area (Å²) in [4.78, 5) is 36.4. The second kappa shape index (κ2) is 29.3. The number of para-hydroxylation sites is 2. The molecule has 86 heavy (non-hydrogen) atoms. The van der Waals surface area contributed by atoms with Crippen LogP contribution in [0.5, 0.6) is 17.5 Å². The van der Waals surface area contributed by atoms with Crippen LogP contribution in [0.15, 0.2) is 189 Å². The van der Waals surface area contributed by atoms with Crippen molar-refractivity contribution < 1.29 is 66.6 Å². The number of esters is 1. The number of hydrogen-bond donors (Lipinski definition) is 1. The van der Waals surface area contributed by atoms with Gasteiger partial charge in [-0.15, -0.1) is 15.3 Å². The van der Waals surface area contributed by atoms with E-state index in [0.29, 0.717) is 28.3 Å². The van der Waals surface area contributed by atoms with Crippen molar-refractivity contribution in [1.29, 1.82) is 0 Å². The van der Waals surface area contributed by atoms with Gasteiger partial charge in [0.25, 0.3) is 5.69 Å². The van der Waals surface area contributed by atoms with E-state index in [2.05, 4.69) is 104 Å². The second-order valence-corrected chi connectivity index (χ2v) is 18.7. The van der Waals surface area contributed by atoms with Crippen molar-refractivity contribution in [1.82, 2.24) is 24.1 Å². The first kappa shape index (κ1) is 63.2. The van der Waals surface area contributed by atoms with Crippen LogP contribution < -0.4 is 35.3 Å². The number of fused-ring (bicyclic) bond motifs is 2. The van der Waals surface area contributed by atoms with E-state index in [0.717, 1.165) is 88.8 Å². The summed E-state index contributed by atoms with van der Waals surface area (Å²) in [6.45, 7) is 15.1. The zero-order valence-corrected chi connectivity index (χ0v) is 49.0. The van der Waals surface area contributed by atoms with E-state index in [1.54, 1.807) is 80.6 Å². The van der Waals surface area contributed by atoms with E-state index in [9.17, 15) is 40.1 Å². The standard InChI is InChI=1S/C30H35N2O4.C17H14N4O3.C16H13N5O4.Cr/c1-5-31(6-2)21-13-15-25-27(19-21)36-28-20-22(32(7-3)8-4)14-16-26(28)29(25)23-11-9-10-12-24(23)30(34)35-18-17-33;1-11-15(16(22)21(20-11)12-7-3-2-4-8-12)19-18-14-10-6-5-9-13(14)17(23)24;1-10-15(16(23)20(19-10)11-5-3-2-4-6-11)18-17-13-9-12(21(24)25)7-8-14(13)22;/h9-16,19-20,33H,5-8,17-18H2,1-4H3;2-10,22H,1H3,(H,23,24);2-9,22-23H,1H3;/q+1;;;+3/p-4. The number of nitro benzene ring substituents is 1. The summed E-state index contributed by atoms with van der Waals surface area (Å²) in [5, 5.41) is 93.2. The molecule has 10 rings (SSSR count). The van der Waals surface area contributed by atoms with Crippen molar-refractivity contribution in [2.24, 2.45) is 20.5 Å². The number of carbonyl (C=O) groups excluding carboxylic acids is 2. The number of ether oxygens (including phenoxy) is 1. The molecule has 8 aromatic rings. The average Bonchev–Trinajstić information content (AvgIpc) is 1.08. The molecule has 0 atom stereocenters. The number of carboxylic acids is 1. The number of carbonyl (C=O) groups is 2. The van der Waals surface area contributed by atoms with Gasteiger partial charge in [-0.1, -0.05) is 84.6 Å². The van der Waals surface area contributed by atoms with Crippen molar-refractivity contribution in [2.45, 2.75) is 41.5 Å². The summed E-state index contributed by atoms with van der Waals surface area (Å²) in [6.07, 6.45) is 0. The van der Waals surface area contributed by atoms with E-state index in [1.165, 1.54) is 21.5 Å². The Kier molecular flexibility index (Phi) is 21.5. The number of anilines is 1. The van der Waals surface area contributed by atoms with Crippen LogP contribution in [0.1, 0.15) is 59.8 Å². The maximum absolute atomic E-state index is 12.9. The molecule has 0 saturated carbocycles. The van der Waals surface area contributed by atoms with E-state index >= 15 is 0 Å². The molecule has 437 valence electrons. The van der Waals surface area contributed by atoms with Crippen LogP contribution in [0, 0.1) is 24.0 Å². The molecule has 1 N–H and O–H groups in total. The molecule has 1 aliphatic carbocycles. The summed E-state index contributed by atoms with van der Waals surface area (Å²) in [6, 6.07) is 46.8. The van der Waals surface area contributed by atoms with Gasteiger partial charge >= 0.3 is 23.3 Å². The van der Waals surface area contributed by atoms with Gasteiger partial charge in [-0.3, -0.25) is 10.1 Å². The largest absolute Gasteiger partial charge is 3.00 e. The van der Waals surface area contributed by atoms with Crippen molar-refractivity contribution in [2.75, 3.05) is 44.3 Å². The van der Waals surface area contributed by atoms with Crippen molar-refractivity contribution in [3.63, 3.8) is 0 Å². The van der Waals surface area contributed by atoms with Gasteiger partial charge in [0.2, 0.25) is 5.36 Å². The van der Waals surface area contributed by atoms with Gasteiger partial charge in [-0.25, -0.2) is 18.7 Å². The molecular formula is C63H58CrN11O11. The minimum Gasteiger partial charge on any atom is -0.871 e. The molecule has 0 fully saturated rings. The third-order valence-corrected chi connectivity index (χ3v) is 13.5. The molecular weight excluding hydrogens is 1140 g/mol. The van der Waals surface area contributed by atoms with Crippen LogP contribution >= 0.6 is 0 Å². The minimum atomic E-state index is -1.36. The van der Waals surface area contributed by atoms with Crippen LogP contribution in [0.3, 0.4) is 0 Å². The van der Waals surface area contributed by atoms with Crippen molar-refractivity contribution in [3.05, 3.63) is 202 Å². The van der Waals surface area contributed by atoms with Crippen LogP contribution in [-0.2, 0) is 22.1 Å². The number of aliphatic hydroxyl groups excluding tert-OH is 1. The number of aromatic nitrogens is 4. The SMILES string of the molecule is CCN(CC)c1ccc2c(-c3ccccc3C(=O)OCCO)c3ccc(=[N+](CC)CC)cc-3oc2c1.Cc1nn(-c2ccccc2)c([O-])c1N=Nc1cc([N+](=O)[O-])ccc1[O-].Cc1nn(-c2ccccc2)c([O-])c1N=Nc1ccccc1C(=O)[O-].[Cr+3]. The molecule has 0 amide bonds. The average molecular weight is 1200 g/mol. The number of benzene rings is 7. The number of carboxylic acid groups (broad SMARTS) is 1. The van der Waals surface area contributed by atoms with Gasteiger partial charge in [0.05, 0.1) is 63.3 Å². The molecule has 0 spiro atoms. The number of rotatable bonds is 17. The monoisotopic (exact) mass is 1200 g/mol. The van der Waals surface area contributed by atoms with Gasteiger partial charge in [0, 0.05) is 76.9 Å². The minimum absolute atomic E-state index is 0. The Hall–Kier alpha value is -10.3. The molecule has 2 aromatic heterocycles. The first-order valence-corrected chi connectivity index (χ1v) is 27.0. The molecule has 1 radical (unpaired) electrons. The first-order valence-electron chi connectivity index (χ1n) is 27.0. The predicted molar refractivity (Wildman–Crippen MR) is 313 cm³/mol. The fraction of sp³-hybridized carbons (Fsp3) is 0.190.